The molecule has 0 bridgehead atoms. The molecule has 0 fully saturated rings. The van der Waals surface area contributed by atoms with Gasteiger partial charge in [-0.05, 0) is 25.0 Å². The summed E-state index contributed by atoms with van der Waals surface area (Å²) < 4.78 is 172. The van der Waals surface area contributed by atoms with Crippen LogP contribution in [0.4, 0.5) is 52.7 Å². The topological polar surface area (TPSA) is 0 Å². The molecule has 0 aliphatic rings. The molecule has 0 aliphatic carbocycles. The van der Waals surface area contributed by atoms with Gasteiger partial charge >= 0.3 is 24.7 Å². The summed E-state index contributed by atoms with van der Waals surface area (Å²) in [7, 11) is 0. The van der Waals surface area contributed by atoms with Crippen molar-refractivity contribution in [2.45, 2.75) is 44.0 Å². The van der Waals surface area contributed by atoms with Gasteiger partial charge in [0.15, 0.2) is 10.8 Å². The Hall–Kier alpha value is -2.40. The zero-order valence-electron chi connectivity index (χ0n) is 16.8. The van der Waals surface area contributed by atoms with E-state index >= 15 is 0 Å². The van der Waals surface area contributed by atoms with Crippen molar-refractivity contribution in [2.24, 2.45) is 10.8 Å². The van der Waals surface area contributed by atoms with Crippen molar-refractivity contribution in [2.75, 3.05) is 0 Å². The van der Waals surface area contributed by atoms with E-state index < -0.39 is 65.9 Å². The Balaban J connectivity index is 3.45. The standard InChI is InChI=1S/C21H16F12/c1-15(18(22,23)24,19(25,26)27)17(13-9-5-3-6-10-13,14-11-7-4-8-12-14)16(2,20(28,29)30)21(31,32)33/h3-12H,1-2H3. The predicted octanol–water partition coefficient (Wildman–Crippen LogP) is 8.23. The minimum absolute atomic E-state index is 0.401. The van der Waals surface area contributed by atoms with E-state index in [0.717, 1.165) is 36.4 Å². The smallest absolute Gasteiger partial charge is 0.170 e. The SMILES string of the molecule is CC(C(F)(F)F)(C(F)(F)F)C(c1ccccc1)(c1ccccc1)C(C)(C(F)(F)F)C(F)(F)F. The Labute approximate surface area is 180 Å². The molecule has 0 nitrogen and oxygen atoms in total. The van der Waals surface area contributed by atoms with Crippen molar-refractivity contribution in [3.05, 3.63) is 71.8 Å². The Bertz CT molecular complexity index is 826. The number of hydrogen-bond acceptors (Lipinski definition) is 0. The minimum Gasteiger partial charge on any atom is -0.170 e. The lowest BCUT2D eigenvalue weighted by molar-refractivity contribution is -0.416. The number of rotatable bonds is 4. The van der Waals surface area contributed by atoms with E-state index in [4.69, 9.17) is 0 Å². The van der Waals surface area contributed by atoms with E-state index in [-0.39, 0.29) is 0 Å². The molecular weight excluding hydrogens is 480 g/mol. The second-order valence-corrected chi connectivity index (χ2v) is 7.72. The van der Waals surface area contributed by atoms with Crippen molar-refractivity contribution in [1.82, 2.24) is 0 Å². The van der Waals surface area contributed by atoms with Crippen LogP contribution in [-0.4, -0.2) is 24.7 Å². The molecule has 0 atom stereocenters. The summed E-state index contributed by atoms with van der Waals surface area (Å²) in [6.07, 6.45) is -26.4. The molecule has 184 valence electrons. The molecule has 2 rings (SSSR count). The van der Waals surface area contributed by atoms with Crippen LogP contribution in [-0.2, 0) is 5.41 Å². The first-order valence-corrected chi connectivity index (χ1v) is 9.09. The molecule has 33 heavy (non-hydrogen) atoms. The molecule has 0 heterocycles. The lowest BCUT2D eigenvalue weighted by atomic mass is 9.45. The fraction of sp³-hybridized carbons (Fsp3) is 0.429. The second kappa shape index (κ2) is 7.83. The maximum atomic E-state index is 14.3. The number of hydrogen-bond donors (Lipinski definition) is 0. The third-order valence-corrected chi connectivity index (χ3v) is 6.18. The average molecular weight is 496 g/mol. The fourth-order valence-corrected chi connectivity index (χ4v) is 4.37. The molecule has 0 aromatic heterocycles. The molecule has 0 saturated heterocycles. The van der Waals surface area contributed by atoms with Gasteiger partial charge in [-0.25, -0.2) is 0 Å². The Morgan fingerprint density at radius 2 is 0.606 bits per heavy atom. The van der Waals surface area contributed by atoms with Gasteiger partial charge in [-0.2, -0.15) is 52.7 Å². The van der Waals surface area contributed by atoms with Crippen molar-refractivity contribution < 1.29 is 52.7 Å². The van der Waals surface area contributed by atoms with Gasteiger partial charge < -0.3 is 0 Å². The highest BCUT2D eigenvalue weighted by Gasteiger charge is 2.89. The van der Waals surface area contributed by atoms with Crippen LogP contribution in [0.2, 0.25) is 0 Å². The molecule has 0 amide bonds. The highest BCUT2D eigenvalue weighted by molar-refractivity contribution is 5.48. The summed E-state index contributed by atoms with van der Waals surface area (Å²) in [6, 6.07) is 6.77. The number of halogens is 12. The third-order valence-electron chi connectivity index (χ3n) is 6.18. The molecule has 0 unspecified atom stereocenters. The highest BCUT2D eigenvalue weighted by atomic mass is 19.4. The Morgan fingerprint density at radius 1 is 0.394 bits per heavy atom. The molecule has 0 radical (unpaired) electrons. The molecule has 0 N–H and O–H groups in total. The van der Waals surface area contributed by atoms with Gasteiger partial charge in [0.25, 0.3) is 0 Å². The molecular formula is C21H16F12. The summed E-state index contributed by atoms with van der Waals surface area (Å²) in [5.41, 5.74) is -18.8. The lowest BCUT2D eigenvalue weighted by Crippen LogP contribution is -2.73. The van der Waals surface area contributed by atoms with E-state index in [1.165, 1.54) is 0 Å². The van der Waals surface area contributed by atoms with Gasteiger partial charge in [-0.3, -0.25) is 0 Å². The largest absolute Gasteiger partial charge is 0.404 e. The van der Waals surface area contributed by atoms with Crippen LogP contribution in [0, 0.1) is 10.8 Å². The lowest BCUT2D eigenvalue weighted by Gasteiger charge is -2.59. The van der Waals surface area contributed by atoms with Crippen molar-refractivity contribution in [3.63, 3.8) is 0 Å². The molecule has 0 aliphatic heterocycles. The van der Waals surface area contributed by atoms with Crippen LogP contribution < -0.4 is 0 Å². The first kappa shape index (κ1) is 26.8. The van der Waals surface area contributed by atoms with Crippen LogP contribution in [0.1, 0.15) is 25.0 Å². The Kier molecular flexibility index (Phi) is 6.37. The van der Waals surface area contributed by atoms with E-state index in [1.807, 2.05) is 0 Å². The highest BCUT2D eigenvalue weighted by Crippen LogP contribution is 2.74. The Morgan fingerprint density at radius 3 is 0.788 bits per heavy atom. The fourth-order valence-electron chi connectivity index (χ4n) is 4.37. The van der Waals surface area contributed by atoms with Gasteiger partial charge in [-0.15, -0.1) is 0 Å². The normalized spacial score (nSPS) is 15.0. The second-order valence-electron chi connectivity index (χ2n) is 7.72. The summed E-state index contributed by atoms with van der Waals surface area (Å²) in [5.74, 6) is 0. The van der Waals surface area contributed by atoms with Gasteiger partial charge in [-0.1, -0.05) is 60.7 Å². The van der Waals surface area contributed by atoms with E-state index in [2.05, 4.69) is 0 Å². The van der Waals surface area contributed by atoms with Crippen LogP contribution >= 0.6 is 0 Å². The first-order chi connectivity index (χ1) is 14.7. The zero-order chi connectivity index (χ0) is 25.7. The molecule has 2 aromatic rings. The molecule has 12 heteroatoms. The summed E-state index contributed by atoms with van der Waals surface area (Å²) >= 11 is 0. The van der Waals surface area contributed by atoms with Gasteiger partial charge in [0, 0.05) is 0 Å². The predicted molar refractivity (Wildman–Crippen MR) is 94.1 cm³/mol. The van der Waals surface area contributed by atoms with Crippen molar-refractivity contribution >= 4 is 0 Å². The summed E-state index contributed by atoms with van der Waals surface area (Å²) in [4.78, 5) is 0. The van der Waals surface area contributed by atoms with Gasteiger partial charge in [0.1, 0.15) is 0 Å². The number of benzene rings is 2. The van der Waals surface area contributed by atoms with Crippen LogP contribution in [0.5, 0.6) is 0 Å². The average Bonchev–Trinajstić information content (AvgIpc) is 2.66. The van der Waals surface area contributed by atoms with Crippen LogP contribution in [0.25, 0.3) is 0 Å². The maximum absolute atomic E-state index is 14.3. The molecule has 2 aromatic carbocycles. The van der Waals surface area contributed by atoms with Crippen LogP contribution in [0.15, 0.2) is 60.7 Å². The van der Waals surface area contributed by atoms with E-state index in [9.17, 15) is 52.7 Å². The number of alkyl halides is 12. The summed E-state index contributed by atoms with van der Waals surface area (Å²) in [6.45, 7) is -1.33. The van der Waals surface area contributed by atoms with Crippen LogP contribution in [0.3, 0.4) is 0 Å². The maximum Gasteiger partial charge on any atom is 0.404 e. The van der Waals surface area contributed by atoms with E-state index in [0.29, 0.717) is 24.3 Å². The third kappa shape index (κ3) is 3.56. The first-order valence-electron chi connectivity index (χ1n) is 9.09. The monoisotopic (exact) mass is 496 g/mol. The summed E-state index contributed by atoms with van der Waals surface area (Å²) in [5, 5.41) is 0. The molecule has 0 spiro atoms. The quantitative estimate of drug-likeness (QED) is 0.374. The van der Waals surface area contributed by atoms with Gasteiger partial charge in [0.2, 0.25) is 0 Å². The van der Waals surface area contributed by atoms with Gasteiger partial charge in [0.05, 0.1) is 5.41 Å². The van der Waals surface area contributed by atoms with E-state index in [1.54, 1.807) is 0 Å². The minimum atomic E-state index is -6.60. The molecule has 0 saturated carbocycles. The zero-order valence-corrected chi connectivity index (χ0v) is 16.8. The van der Waals surface area contributed by atoms with Crippen molar-refractivity contribution in [1.29, 1.82) is 0 Å². The van der Waals surface area contributed by atoms with Crippen molar-refractivity contribution in [3.8, 4) is 0 Å².